The minimum atomic E-state index is -1.70. The summed E-state index contributed by atoms with van der Waals surface area (Å²) in [6.07, 6.45) is 0.439. The molecule has 1 aliphatic heterocycles. The molecular weight excluding hydrogens is 278 g/mol. The molecule has 0 saturated heterocycles. The first kappa shape index (κ1) is 14.1. The average Bonchev–Trinajstić information content (AvgIpc) is 2.81. The number of carbonyl (C=O) groups is 1. The molecule has 7 heteroatoms. The van der Waals surface area contributed by atoms with Crippen molar-refractivity contribution in [3.05, 3.63) is 27.3 Å². The summed E-state index contributed by atoms with van der Waals surface area (Å²) >= 11 is 0. The number of nitro groups is 1. The molecule has 20 heavy (non-hydrogen) atoms. The van der Waals surface area contributed by atoms with Crippen LogP contribution < -0.4 is 9.47 Å². The van der Waals surface area contributed by atoms with Gasteiger partial charge in [-0.15, -0.1) is 5.54 Å². The molecule has 0 amide bonds. The number of hydrogen-bond donors (Lipinski definition) is 0. The third-order valence-electron chi connectivity index (χ3n) is 2.56. The minimum absolute atomic E-state index is 0.0313. The van der Waals surface area contributed by atoms with E-state index < -0.39 is 13.0 Å². The lowest BCUT2D eigenvalue weighted by atomic mass is 10.1. The molecule has 1 heterocycles. The maximum absolute atomic E-state index is 11.2. The fraction of sp³-hybridized carbons (Fsp3) is 0.308. The summed E-state index contributed by atoms with van der Waals surface area (Å²) < 4.78 is 10.4. The van der Waals surface area contributed by atoms with Gasteiger partial charge in [-0.25, -0.2) is 0 Å². The van der Waals surface area contributed by atoms with Crippen LogP contribution >= 0.6 is 0 Å². The number of rotatable bonds is 2. The highest BCUT2D eigenvalue weighted by atomic mass is 28.3. The van der Waals surface area contributed by atoms with Crippen LogP contribution in [-0.4, -0.2) is 26.1 Å². The number of hydrogen-bond acceptors (Lipinski definition) is 5. The van der Waals surface area contributed by atoms with Gasteiger partial charge in [0.2, 0.25) is 6.79 Å². The first-order chi connectivity index (χ1) is 9.33. The molecule has 1 aromatic carbocycles. The highest BCUT2D eigenvalue weighted by molar-refractivity contribution is 6.83. The number of carbonyl (C=O) groups excluding carboxylic acids is 1. The van der Waals surface area contributed by atoms with Gasteiger partial charge in [0.05, 0.1) is 16.6 Å². The van der Waals surface area contributed by atoms with Gasteiger partial charge in [-0.2, -0.15) is 0 Å². The summed E-state index contributed by atoms with van der Waals surface area (Å²) in [5.41, 5.74) is 2.94. The Hall–Kier alpha value is -2.33. The van der Waals surface area contributed by atoms with Gasteiger partial charge in [0, 0.05) is 0 Å². The third kappa shape index (κ3) is 2.65. The van der Waals surface area contributed by atoms with Crippen molar-refractivity contribution in [3.63, 3.8) is 0 Å². The summed E-state index contributed by atoms with van der Waals surface area (Å²) in [6.45, 7) is 6.08. The molecule has 0 atom stereocenters. The second-order valence-corrected chi connectivity index (χ2v) is 10.0. The highest BCUT2D eigenvalue weighted by Gasteiger charge is 2.28. The fourth-order valence-electron chi connectivity index (χ4n) is 1.69. The molecule has 0 aliphatic carbocycles. The molecule has 0 unspecified atom stereocenters. The monoisotopic (exact) mass is 291 g/mol. The summed E-state index contributed by atoms with van der Waals surface area (Å²) in [5, 5.41) is 11.0. The van der Waals surface area contributed by atoms with E-state index in [0.717, 1.165) is 0 Å². The van der Waals surface area contributed by atoms with Crippen molar-refractivity contribution >= 4 is 20.0 Å². The Morgan fingerprint density at radius 1 is 1.40 bits per heavy atom. The predicted molar refractivity (Wildman–Crippen MR) is 74.8 cm³/mol. The van der Waals surface area contributed by atoms with Crippen molar-refractivity contribution in [2.24, 2.45) is 0 Å². The Bertz CT molecular complexity index is 651. The van der Waals surface area contributed by atoms with E-state index in [0.29, 0.717) is 12.0 Å². The van der Waals surface area contributed by atoms with Crippen molar-refractivity contribution in [1.82, 2.24) is 0 Å². The molecule has 1 aliphatic rings. The zero-order valence-corrected chi connectivity index (χ0v) is 12.4. The average molecular weight is 291 g/mol. The first-order valence-corrected chi connectivity index (χ1v) is 9.43. The van der Waals surface area contributed by atoms with Crippen molar-refractivity contribution in [2.45, 2.75) is 19.6 Å². The number of ether oxygens (including phenoxy) is 2. The Morgan fingerprint density at radius 3 is 2.65 bits per heavy atom. The van der Waals surface area contributed by atoms with Gasteiger partial charge in [-0.3, -0.25) is 14.9 Å². The Morgan fingerprint density at radius 2 is 2.10 bits per heavy atom. The van der Waals surface area contributed by atoms with Crippen molar-refractivity contribution < 1.29 is 19.2 Å². The molecular formula is C13H13NO5Si. The predicted octanol–water partition coefficient (Wildman–Crippen LogP) is 2.36. The molecule has 6 nitrogen and oxygen atoms in total. The second-order valence-electron chi connectivity index (χ2n) is 5.29. The number of nitro benzene ring substituents is 1. The van der Waals surface area contributed by atoms with E-state index in [9.17, 15) is 14.9 Å². The summed E-state index contributed by atoms with van der Waals surface area (Å²) in [7, 11) is -1.70. The Labute approximate surface area is 116 Å². The van der Waals surface area contributed by atoms with E-state index in [-0.39, 0.29) is 29.4 Å². The van der Waals surface area contributed by atoms with Crippen LogP contribution in [0.3, 0.4) is 0 Å². The summed E-state index contributed by atoms with van der Waals surface area (Å²) in [4.78, 5) is 21.6. The van der Waals surface area contributed by atoms with Gasteiger partial charge in [0.15, 0.2) is 17.8 Å². The van der Waals surface area contributed by atoms with Crippen molar-refractivity contribution in [3.8, 4) is 23.0 Å². The molecule has 0 fully saturated rings. The SMILES string of the molecule is C[Si](C)(C)C#Cc1c(C=O)c([N+](=O)[O-])cc2c1OCO2. The number of fused-ring (bicyclic) bond motifs is 1. The van der Waals surface area contributed by atoms with Crippen molar-refractivity contribution in [1.29, 1.82) is 0 Å². The number of aldehydes is 1. The zero-order chi connectivity index (χ0) is 14.9. The molecule has 0 saturated carbocycles. The molecule has 0 aromatic heterocycles. The number of benzene rings is 1. The number of nitrogens with zero attached hydrogens (tertiary/aromatic N) is 1. The maximum Gasteiger partial charge on any atom is 0.285 e. The first-order valence-electron chi connectivity index (χ1n) is 5.93. The molecule has 0 bridgehead atoms. The molecule has 1 aromatic rings. The van der Waals surface area contributed by atoms with E-state index in [2.05, 4.69) is 11.5 Å². The van der Waals surface area contributed by atoms with E-state index in [1.807, 2.05) is 19.6 Å². The standard InChI is InChI=1S/C13H13NO5Si/c1-20(2,3)5-4-9-10(7-15)11(14(16)17)6-12-13(9)19-8-18-12/h6-7H,8H2,1-3H3. The third-order valence-corrected chi connectivity index (χ3v) is 3.43. The largest absolute Gasteiger partial charge is 0.453 e. The second kappa shape index (κ2) is 4.98. The van der Waals surface area contributed by atoms with Crippen LogP contribution in [0.5, 0.6) is 11.5 Å². The van der Waals surface area contributed by atoms with Crippen LogP contribution in [0, 0.1) is 21.6 Å². The van der Waals surface area contributed by atoms with Crippen LogP contribution in [0.25, 0.3) is 0 Å². The minimum Gasteiger partial charge on any atom is -0.453 e. The van der Waals surface area contributed by atoms with Gasteiger partial charge in [-0.05, 0) is 0 Å². The van der Waals surface area contributed by atoms with Gasteiger partial charge >= 0.3 is 0 Å². The zero-order valence-electron chi connectivity index (χ0n) is 11.4. The quantitative estimate of drug-likeness (QED) is 0.275. The highest BCUT2D eigenvalue weighted by Crippen LogP contribution is 2.41. The van der Waals surface area contributed by atoms with E-state index in [1.165, 1.54) is 6.07 Å². The molecule has 0 spiro atoms. The Kier molecular flexibility index (Phi) is 3.51. The summed E-state index contributed by atoms with van der Waals surface area (Å²) in [5.74, 6) is 3.43. The van der Waals surface area contributed by atoms with Crippen LogP contribution in [0.2, 0.25) is 19.6 Å². The molecule has 2 rings (SSSR count). The van der Waals surface area contributed by atoms with Gasteiger partial charge < -0.3 is 9.47 Å². The van der Waals surface area contributed by atoms with Crippen LogP contribution in [-0.2, 0) is 0 Å². The van der Waals surface area contributed by atoms with Gasteiger partial charge in [-0.1, -0.05) is 25.6 Å². The van der Waals surface area contributed by atoms with Crippen LogP contribution in [0.4, 0.5) is 5.69 Å². The lowest BCUT2D eigenvalue weighted by Gasteiger charge is -2.06. The van der Waals surface area contributed by atoms with Crippen LogP contribution in [0.1, 0.15) is 15.9 Å². The maximum atomic E-state index is 11.2. The topological polar surface area (TPSA) is 78.7 Å². The molecule has 0 N–H and O–H groups in total. The van der Waals surface area contributed by atoms with Gasteiger partial charge in [0.1, 0.15) is 13.6 Å². The van der Waals surface area contributed by atoms with Crippen LogP contribution in [0.15, 0.2) is 6.07 Å². The lowest BCUT2D eigenvalue weighted by molar-refractivity contribution is -0.385. The normalized spacial score (nSPS) is 12.6. The smallest absolute Gasteiger partial charge is 0.285 e. The Balaban J connectivity index is 2.72. The summed E-state index contributed by atoms with van der Waals surface area (Å²) in [6, 6.07) is 1.20. The molecule has 104 valence electrons. The lowest BCUT2D eigenvalue weighted by Crippen LogP contribution is -2.16. The van der Waals surface area contributed by atoms with E-state index in [1.54, 1.807) is 0 Å². The van der Waals surface area contributed by atoms with Crippen molar-refractivity contribution in [2.75, 3.05) is 6.79 Å². The van der Waals surface area contributed by atoms with E-state index >= 15 is 0 Å². The van der Waals surface area contributed by atoms with E-state index in [4.69, 9.17) is 9.47 Å². The fourth-order valence-corrected chi connectivity index (χ4v) is 2.19. The molecule has 0 radical (unpaired) electrons. The van der Waals surface area contributed by atoms with Gasteiger partial charge in [0.25, 0.3) is 5.69 Å².